The molecule has 0 amide bonds. The molecular weight excluding hydrogens is 607 g/mol. The zero-order chi connectivity index (χ0) is 33.0. The number of aromatic nitrogens is 3. The molecule has 0 fully saturated rings. The van der Waals surface area contributed by atoms with Crippen LogP contribution in [0.4, 0.5) is 0 Å². The summed E-state index contributed by atoms with van der Waals surface area (Å²) in [6.07, 6.45) is 0. The van der Waals surface area contributed by atoms with Gasteiger partial charge in [-0.25, -0.2) is 15.0 Å². The highest BCUT2D eigenvalue weighted by Crippen LogP contribution is 2.42. The van der Waals surface area contributed by atoms with E-state index in [2.05, 4.69) is 140 Å². The fourth-order valence-corrected chi connectivity index (χ4v) is 7.44. The largest absolute Gasteiger partial charge is 0.246 e. The Balaban J connectivity index is 1.24. The van der Waals surface area contributed by atoms with Gasteiger partial charge in [0.2, 0.25) is 0 Å². The molecule has 0 aliphatic heterocycles. The van der Waals surface area contributed by atoms with E-state index < -0.39 is 0 Å². The SMILES string of the molecule is c1ccc(-c2cc(-c3ccccc3)nc(-c3cccc(-c4nc5c6cc7ccccc7cc6c6ccccc6c5c5ccccc45)c3)n2)cc1. The van der Waals surface area contributed by atoms with Crippen LogP contribution in [0.1, 0.15) is 0 Å². The predicted octanol–water partition coefficient (Wildman–Crippen LogP) is 12.3. The number of fused-ring (bicyclic) bond motifs is 9. The molecule has 0 unspecified atom stereocenters. The van der Waals surface area contributed by atoms with Gasteiger partial charge in [0.05, 0.1) is 22.6 Å². The van der Waals surface area contributed by atoms with Crippen molar-refractivity contribution in [2.24, 2.45) is 0 Å². The first-order valence-corrected chi connectivity index (χ1v) is 16.9. The van der Waals surface area contributed by atoms with Crippen LogP contribution in [0, 0.1) is 0 Å². The molecule has 0 aliphatic carbocycles. The van der Waals surface area contributed by atoms with Gasteiger partial charge in [-0.3, -0.25) is 0 Å². The lowest BCUT2D eigenvalue weighted by molar-refractivity contribution is 1.18. The molecule has 232 valence electrons. The average molecular weight is 636 g/mol. The van der Waals surface area contributed by atoms with Gasteiger partial charge in [0, 0.05) is 38.4 Å². The third kappa shape index (κ3) is 4.63. The zero-order valence-electron chi connectivity index (χ0n) is 27.1. The van der Waals surface area contributed by atoms with Crippen molar-refractivity contribution in [1.82, 2.24) is 15.0 Å². The van der Waals surface area contributed by atoms with Gasteiger partial charge in [-0.15, -0.1) is 0 Å². The summed E-state index contributed by atoms with van der Waals surface area (Å²) in [5, 5.41) is 10.8. The summed E-state index contributed by atoms with van der Waals surface area (Å²) < 4.78 is 0. The number of nitrogens with zero attached hydrogens (tertiary/aromatic N) is 3. The van der Waals surface area contributed by atoms with Crippen LogP contribution in [0.2, 0.25) is 0 Å². The highest BCUT2D eigenvalue weighted by Gasteiger charge is 2.18. The summed E-state index contributed by atoms with van der Waals surface area (Å²) in [7, 11) is 0. The lowest BCUT2D eigenvalue weighted by atomic mass is 9.91. The second kappa shape index (κ2) is 11.5. The van der Waals surface area contributed by atoms with Crippen LogP contribution in [0.15, 0.2) is 176 Å². The molecule has 10 aromatic rings. The first kappa shape index (κ1) is 28.3. The van der Waals surface area contributed by atoms with Crippen LogP contribution in [0.3, 0.4) is 0 Å². The number of hydrogen-bond donors (Lipinski definition) is 0. The van der Waals surface area contributed by atoms with E-state index in [4.69, 9.17) is 15.0 Å². The molecule has 0 N–H and O–H groups in total. The third-order valence-corrected chi connectivity index (χ3v) is 9.80. The van der Waals surface area contributed by atoms with Crippen molar-refractivity contribution in [3.05, 3.63) is 176 Å². The van der Waals surface area contributed by atoms with E-state index in [9.17, 15) is 0 Å². The maximum Gasteiger partial charge on any atom is 0.160 e. The molecule has 10 rings (SSSR count). The molecule has 0 spiro atoms. The summed E-state index contributed by atoms with van der Waals surface area (Å²) >= 11 is 0. The van der Waals surface area contributed by atoms with Gasteiger partial charge in [-0.1, -0.05) is 152 Å². The topological polar surface area (TPSA) is 38.7 Å². The molecule has 0 saturated carbocycles. The number of rotatable bonds is 4. The Kier molecular flexibility index (Phi) is 6.49. The Labute approximate surface area is 289 Å². The standard InChI is InChI=1S/C47H29N3/c1-3-14-30(15-4-1)42-29-43(31-16-5-2-6-17-31)49-47(48-42)35-21-13-20-34(26-35)45-39-25-12-11-24-38(39)44-37-23-10-9-22-36(37)40-27-32-18-7-8-19-33(32)28-41(40)46(44)50-45/h1-29H. The summed E-state index contributed by atoms with van der Waals surface area (Å²) in [4.78, 5) is 15.8. The first-order chi connectivity index (χ1) is 24.8. The molecule has 0 bridgehead atoms. The van der Waals surface area contributed by atoms with Crippen molar-refractivity contribution >= 4 is 54.0 Å². The molecule has 0 radical (unpaired) electrons. The molecule has 0 aliphatic rings. The van der Waals surface area contributed by atoms with Crippen molar-refractivity contribution in [3.63, 3.8) is 0 Å². The molecule has 3 nitrogen and oxygen atoms in total. The van der Waals surface area contributed by atoms with Crippen molar-refractivity contribution < 1.29 is 0 Å². The van der Waals surface area contributed by atoms with E-state index in [-0.39, 0.29) is 0 Å². The smallest absolute Gasteiger partial charge is 0.160 e. The Hall–Kier alpha value is -6.71. The predicted molar refractivity (Wildman–Crippen MR) is 209 cm³/mol. The molecule has 2 aromatic heterocycles. The van der Waals surface area contributed by atoms with Gasteiger partial charge in [-0.05, 0) is 56.6 Å². The van der Waals surface area contributed by atoms with Crippen molar-refractivity contribution in [2.75, 3.05) is 0 Å². The minimum absolute atomic E-state index is 0.681. The van der Waals surface area contributed by atoms with Gasteiger partial charge in [-0.2, -0.15) is 0 Å². The molecule has 8 aromatic carbocycles. The molecular formula is C47H29N3. The Bertz CT molecular complexity index is 2850. The second-order valence-corrected chi connectivity index (χ2v) is 12.8. The van der Waals surface area contributed by atoms with Crippen LogP contribution in [-0.2, 0) is 0 Å². The van der Waals surface area contributed by atoms with E-state index in [1.807, 2.05) is 36.4 Å². The second-order valence-electron chi connectivity index (χ2n) is 12.8. The van der Waals surface area contributed by atoms with Crippen LogP contribution in [0.25, 0.3) is 99.2 Å². The van der Waals surface area contributed by atoms with Crippen molar-refractivity contribution in [1.29, 1.82) is 0 Å². The number of pyridine rings is 1. The lowest BCUT2D eigenvalue weighted by Gasteiger charge is -2.16. The fraction of sp³-hybridized carbons (Fsp3) is 0. The van der Waals surface area contributed by atoms with E-state index in [0.29, 0.717) is 5.82 Å². The maximum absolute atomic E-state index is 5.58. The highest BCUT2D eigenvalue weighted by atomic mass is 14.9. The van der Waals surface area contributed by atoms with E-state index in [1.54, 1.807) is 0 Å². The van der Waals surface area contributed by atoms with Gasteiger partial charge in [0.15, 0.2) is 5.82 Å². The van der Waals surface area contributed by atoms with Crippen LogP contribution in [-0.4, -0.2) is 15.0 Å². The van der Waals surface area contributed by atoms with Crippen LogP contribution in [0.5, 0.6) is 0 Å². The minimum atomic E-state index is 0.681. The number of hydrogen-bond acceptors (Lipinski definition) is 3. The first-order valence-electron chi connectivity index (χ1n) is 16.9. The van der Waals surface area contributed by atoms with E-state index >= 15 is 0 Å². The highest BCUT2D eigenvalue weighted by molar-refractivity contribution is 6.32. The van der Waals surface area contributed by atoms with Crippen LogP contribution >= 0.6 is 0 Å². The Morgan fingerprint density at radius 3 is 1.46 bits per heavy atom. The van der Waals surface area contributed by atoms with Gasteiger partial charge >= 0.3 is 0 Å². The summed E-state index contributed by atoms with van der Waals surface area (Å²) in [5.41, 5.74) is 7.81. The molecule has 0 saturated heterocycles. The molecule has 3 heteroatoms. The summed E-state index contributed by atoms with van der Waals surface area (Å²) in [5.74, 6) is 0.681. The van der Waals surface area contributed by atoms with E-state index in [0.717, 1.165) is 55.6 Å². The van der Waals surface area contributed by atoms with Crippen molar-refractivity contribution in [2.45, 2.75) is 0 Å². The monoisotopic (exact) mass is 635 g/mol. The van der Waals surface area contributed by atoms with Crippen LogP contribution < -0.4 is 0 Å². The maximum atomic E-state index is 5.58. The molecule has 0 atom stereocenters. The number of benzene rings is 8. The average Bonchev–Trinajstić information content (AvgIpc) is 3.20. The summed E-state index contributed by atoms with van der Waals surface area (Å²) in [6, 6.07) is 61.9. The summed E-state index contributed by atoms with van der Waals surface area (Å²) in [6.45, 7) is 0. The Morgan fingerprint density at radius 1 is 0.300 bits per heavy atom. The fourth-order valence-electron chi connectivity index (χ4n) is 7.44. The zero-order valence-corrected chi connectivity index (χ0v) is 27.1. The minimum Gasteiger partial charge on any atom is -0.246 e. The quantitative estimate of drug-likeness (QED) is 0.143. The molecule has 50 heavy (non-hydrogen) atoms. The lowest BCUT2D eigenvalue weighted by Crippen LogP contribution is -1.97. The van der Waals surface area contributed by atoms with Gasteiger partial charge in [0.25, 0.3) is 0 Å². The normalized spacial score (nSPS) is 11.6. The van der Waals surface area contributed by atoms with Gasteiger partial charge in [0.1, 0.15) is 0 Å². The van der Waals surface area contributed by atoms with Crippen molar-refractivity contribution in [3.8, 4) is 45.2 Å². The molecule has 2 heterocycles. The third-order valence-electron chi connectivity index (χ3n) is 9.80. The Morgan fingerprint density at radius 2 is 0.800 bits per heavy atom. The van der Waals surface area contributed by atoms with Gasteiger partial charge < -0.3 is 0 Å². The van der Waals surface area contributed by atoms with E-state index in [1.165, 1.54) is 37.7 Å².